The van der Waals surface area contributed by atoms with Gasteiger partial charge in [0.25, 0.3) is 5.89 Å². The lowest BCUT2D eigenvalue weighted by atomic mass is 10.2. The molecule has 0 bridgehead atoms. The molecule has 0 spiro atoms. The number of piperazine rings is 1. The van der Waals surface area contributed by atoms with E-state index in [9.17, 15) is 0 Å². The van der Waals surface area contributed by atoms with Gasteiger partial charge < -0.3 is 15.2 Å². The maximum atomic E-state index is 5.49. The number of likely N-dealkylation sites (N-methyl/N-ethyl adjacent to an activating group) is 1. The van der Waals surface area contributed by atoms with Crippen LogP contribution in [0.4, 0.5) is 11.5 Å². The van der Waals surface area contributed by atoms with Gasteiger partial charge in [0.2, 0.25) is 0 Å². The summed E-state index contributed by atoms with van der Waals surface area (Å²) in [5.74, 6) is 1.90. The Hall–Kier alpha value is -2.84. The van der Waals surface area contributed by atoms with Gasteiger partial charge in [0, 0.05) is 43.3 Å². The molecule has 4 rings (SSSR count). The lowest BCUT2D eigenvalue weighted by Gasteiger charge is -2.30. The molecular weight excluding hydrogens is 318 g/mol. The number of benzene rings is 1. The second-order valence-corrected chi connectivity index (χ2v) is 5.95. The molecule has 2 aromatic heterocycles. The number of nitrogens with one attached hydrogen (secondary N) is 2. The summed E-state index contributed by atoms with van der Waals surface area (Å²) >= 11 is 0. The van der Waals surface area contributed by atoms with Gasteiger partial charge in [-0.05, 0) is 25.2 Å². The Labute approximate surface area is 145 Å². The van der Waals surface area contributed by atoms with E-state index in [2.05, 4.69) is 42.7 Å². The summed E-state index contributed by atoms with van der Waals surface area (Å²) in [7, 11) is 2.08. The molecule has 1 fully saturated rings. The molecule has 1 aromatic carbocycles. The molecule has 128 valence electrons. The zero-order valence-corrected chi connectivity index (χ0v) is 13.9. The Morgan fingerprint density at radius 1 is 1.32 bits per heavy atom. The number of aromatic nitrogens is 4. The molecule has 3 heterocycles. The number of nitrogens with zero attached hydrogens (tertiary/aromatic N) is 5. The van der Waals surface area contributed by atoms with Crippen molar-refractivity contribution >= 4 is 11.5 Å². The van der Waals surface area contributed by atoms with E-state index in [-0.39, 0.29) is 6.04 Å². The van der Waals surface area contributed by atoms with Crippen molar-refractivity contribution in [1.29, 1.82) is 0 Å². The minimum absolute atomic E-state index is 0.132. The van der Waals surface area contributed by atoms with Crippen LogP contribution in [-0.2, 0) is 0 Å². The highest BCUT2D eigenvalue weighted by Crippen LogP contribution is 2.25. The normalized spacial score (nSPS) is 18.2. The van der Waals surface area contributed by atoms with Crippen LogP contribution in [-0.4, -0.2) is 51.7 Å². The first-order valence-corrected chi connectivity index (χ1v) is 8.17. The van der Waals surface area contributed by atoms with Crippen molar-refractivity contribution in [2.75, 3.05) is 32.0 Å². The standard InChI is InChI=1S/C17H19N7O/c1-24-8-7-19-10-14(24)16-22-17(25-23-16)12-3-2-4-13(9-12)21-15-11-18-5-6-20-15/h2-6,9,11,14,19H,7-8,10H2,1H3,(H,20,21). The van der Waals surface area contributed by atoms with Gasteiger partial charge in [-0.15, -0.1) is 0 Å². The van der Waals surface area contributed by atoms with E-state index >= 15 is 0 Å². The molecule has 1 saturated heterocycles. The van der Waals surface area contributed by atoms with Crippen LogP contribution in [0.15, 0.2) is 47.4 Å². The summed E-state index contributed by atoms with van der Waals surface area (Å²) < 4.78 is 5.49. The van der Waals surface area contributed by atoms with E-state index < -0.39 is 0 Å². The first-order valence-electron chi connectivity index (χ1n) is 8.17. The second kappa shape index (κ2) is 6.96. The van der Waals surface area contributed by atoms with E-state index in [1.54, 1.807) is 18.6 Å². The van der Waals surface area contributed by atoms with Crippen molar-refractivity contribution in [3.63, 3.8) is 0 Å². The fourth-order valence-electron chi connectivity index (χ4n) is 2.82. The quantitative estimate of drug-likeness (QED) is 0.745. The van der Waals surface area contributed by atoms with Crippen molar-refractivity contribution in [3.8, 4) is 11.5 Å². The number of hydrogen-bond donors (Lipinski definition) is 2. The molecule has 25 heavy (non-hydrogen) atoms. The summed E-state index contributed by atoms with van der Waals surface area (Å²) in [5.41, 5.74) is 1.74. The maximum Gasteiger partial charge on any atom is 0.258 e. The summed E-state index contributed by atoms with van der Waals surface area (Å²) in [4.78, 5) is 15.1. The van der Waals surface area contributed by atoms with Crippen LogP contribution < -0.4 is 10.6 Å². The third kappa shape index (κ3) is 3.49. The summed E-state index contributed by atoms with van der Waals surface area (Å²) in [6.07, 6.45) is 4.95. The van der Waals surface area contributed by atoms with Gasteiger partial charge >= 0.3 is 0 Å². The third-order valence-electron chi connectivity index (χ3n) is 4.20. The van der Waals surface area contributed by atoms with Gasteiger partial charge in [0.05, 0.1) is 12.2 Å². The molecule has 0 radical (unpaired) electrons. The van der Waals surface area contributed by atoms with Gasteiger partial charge in [0.1, 0.15) is 5.82 Å². The molecule has 8 heteroatoms. The molecular formula is C17H19N7O. The van der Waals surface area contributed by atoms with Crippen LogP contribution in [0.25, 0.3) is 11.5 Å². The van der Waals surface area contributed by atoms with Gasteiger partial charge in [-0.3, -0.25) is 9.88 Å². The van der Waals surface area contributed by atoms with E-state index in [4.69, 9.17) is 4.52 Å². The first kappa shape index (κ1) is 15.7. The zero-order chi connectivity index (χ0) is 17.1. The van der Waals surface area contributed by atoms with E-state index in [0.717, 1.165) is 30.9 Å². The Balaban J connectivity index is 1.55. The lowest BCUT2D eigenvalue weighted by molar-refractivity contribution is 0.190. The van der Waals surface area contributed by atoms with Crippen molar-refractivity contribution in [3.05, 3.63) is 48.7 Å². The molecule has 0 aliphatic carbocycles. The largest absolute Gasteiger partial charge is 0.339 e. The average Bonchev–Trinajstić information content (AvgIpc) is 3.13. The third-order valence-corrected chi connectivity index (χ3v) is 4.20. The number of hydrogen-bond acceptors (Lipinski definition) is 8. The number of rotatable bonds is 4. The predicted octanol–water partition coefficient (Wildman–Crippen LogP) is 1.85. The second-order valence-electron chi connectivity index (χ2n) is 5.95. The monoisotopic (exact) mass is 337 g/mol. The highest BCUT2D eigenvalue weighted by Gasteiger charge is 2.25. The van der Waals surface area contributed by atoms with Crippen molar-refractivity contribution in [2.24, 2.45) is 0 Å². The molecule has 3 aromatic rings. The molecule has 1 unspecified atom stereocenters. The highest BCUT2D eigenvalue weighted by atomic mass is 16.5. The van der Waals surface area contributed by atoms with Gasteiger partial charge in [-0.2, -0.15) is 4.98 Å². The van der Waals surface area contributed by atoms with E-state index in [1.807, 2.05) is 24.3 Å². The molecule has 0 amide bonds. The summed E-state index contributed by atoms with van der Waals surface area (Å²) in [6.45, 7) is 2.77. The fourth-order valence-corrected chi connectivity index (χ4v) is 2.82. The smallest absolute Gasteiger partial charge is 0.258 e. The van der Waals surface area contributed by atoms with Crippen LogP contribution in [0, 0.1) is 0 Å². The van der Waals surface area contributed by atoms with Crippen LogP contribution in [0.2, 0.25) is 0 Å². The first-order chi connectivity index (χ1) is 12.3. The Morgan fingerprint density at radius 3 is 3.12 bits per heavy atom. The van der Waals surface area contributed by atoms with Crippen LogP contribution in [0.5, 0.6) is 0 Å². The summed E-state index contributed by atoms with van der Waals surface area (Å²) in [6, 6.07) is 7.92. The molecule has 1 aliphatic heterocycles. The maximum absolute atomic E-state index is 5.49. The SMILES string of the molecule is CN1CCNCC1c1noc(-c2cccc(Nc3cnccn3)c2)n1. The van der Waals surface area contributed by atoms with Crippen molar-refractivity contribution in [1.82, 2.24) is 30.3 Å². The van der Waals surface area contributed by atoms with Gasteiger partial charge in [0.15, 0.2) is 5.82 Å². The van der Waals surface area contributed by atoms with Crippen molar-refractivity contribution < 1.29 is 4.52 Å². The number of anilines is 2. The van der Waals surface area contributed by atoms with E-state index in [1.165, 1.54) is 0 Å². The van der Waals surface area contributed by atoms with Crippen LogP contribution in [0.3, 0.4) is 0 Å². The van der Waals surface area contributed by atoms with Crippen LogP contribution >= 0.6 is 0 Å². The minimum Gasteiger partial charge on any atom is -0.339 e. The Morgan fingerprint density at radius 2 is 2.28 bits per heavy atom. The Bertz CT molecular complexity index is 836. The topological polar surface area (TPSA) is 92.0 Å². The summed E-state index contributed by atoms with van der Waals surface area (Å²) in [5, 5.41) is 10.7. The molecule has 1 atom stereocenters. The minimum atomic E-state index is 0.132. The molecule has 1 aliphatic rings. The highest BCUT2D eigenvalue weighted by molar-refractivity contribution is 5.64. The van der Waals surface area contributed by atoms with Crippen LogP contribution in [0.1, 0.15) is 11.9 Å². The van der Waals surface area contributed by atoms with E-state index in [0.29, 0.717) is 17.5 Å². The zero-order valence-electron chi connectivity index (χ0n) is 13.9. The predicted molar refractivity (Wildman–Crippen MR) is 93.3 cm³/mol. The van der Waals surface area contributed by atoms with Crippen molar-refractivity contribution in [2.45, 2.75) is 6.04 Å². The molecule has 8 nitrogen and oxygen atoms in total. The van der Waals surface area contributed by atoms with Gasteiger partial charge in [-0.25, -0.2) is 4.98 Å². The molecule has 2 N–H and O–H groups in total. The Kier molecular flexibility index (Phi) is 4.36. The molecule has 0 saturated carbocycles. The van der Waals surface area contributed by atoms with Gasteiger partial charge in [-0.1, -0.05) is 11.2 Å². The average molecular weight is 337 g/mol. The fraction of sp³-hybridized carbons (Fsp3) is 0.294. The lowest BCUT2D eigenvalue weighted by Crippen LogP contribution is -2.44.